The number of fused-ring (bicyclic) bond motifs is 1. The van der Waals surface area contributed by atoms with E-state index in [0.29, 0.717) is 13.1 Å². The summed E-state index contributed by atoms with van der Waals surface area (Å²) in [6.45, 7) is 8.15. The summed E-state index contributed by atoms with van der Waals surface area (Å²) in [6.07, 6.45) is 5.13. The summed E-state index contributed by atoms with van der Waals surface area (Å²) >= 11 is 0. The highest BCUT2D eigenvalue weighted by Gasteiger charge is 2.17. The minimum Gasteiger partial charge on any atom is -0.444 e. The average molecular weight is 376 g/mol. The van der Waals surface area contributed by atoms with Gasteiger partial charge < -0.3 is 20.7 Å². The number of hydrogen-bond donors (Lipinski definition) is 3. The van der Waals surface area contributed by atoms with Crippen molar-refractivity contribution in [2.24, 2.45) is 0 Å². The lowest BCUT2D eigenvalue weighted by molar-refractivity contribution is 0.0528. The molecule has 0 bridgehead atoms. The summed E-state index contributed by atoms with van der Waals surface area (Å²) in [5.74, 6) is 0. The van der Waals surface area contributed by atoms with Gasteiger partial charge in [-0.25, -0.2) is 9.59 Å². The van der Waals surface area contributed by atoms with Crippen molar-refractivity contribution in [1.29, 1.82) is 0 Å². The maximum absolute atomic E-state index is 12.2. The zero-order valence-electron chi connectivity index (χ0n) is 17.0. The molecular formula is C21H33N3O3. The van der Waals surface area contributed by atoms with Crippen LogP contribution in [0.5, 0.6) is 0 Å². The highest BCUT2D eigenvalue weighted by molar-refractivity contribution is 5.74. The summed E-state index contributed by atoms with van der Waals surface area (Å²) in [6, 6.07) is 6.33. The molecule has 3 N–H and O–H groups in total. The van der Waals surface area contributed by atoms with E-state index in [0.717, 1.165) is 24.8 Å². The quantitative estimate of drug-likeness (QED) is 0.661. The first kappa shape index (κ1) is 21.1. The number of carbonyl (C=O) groups is 2. The molecule has 2 rings (SSSR count). The van der Waals surface area contributed by atoms with Gasteiger partial charge in [0.25, 0.3) is 0 Å². The molecule has 6 heteroatoms. The van der Waals surface area contributed by atoms with Crippen LogP contribution in [0.4, 0.5) is 9.59 Å². The standard InChI is InChI=1S/C21H33N3O3/c1-5-18(17-11-10-15-8-6-7-9-16(15)14-17)24-19(25)22-12-13-23-20(26)27-21(2,3)4/h10-11,14,18H,5-9,12-13H2,1-4H3,(H,23,26)(H2,22,24,25). The second-order valence-corrected chi connectivity index (χ2v) is 8.02. The normalized spacial score (nSPS) is 14.7. The monoisotopic (exact) mass is 375 g/mol. The van der Waals surface area contributed by atoms with Crippen LogP contribution in [0.15, 0.2) is 18.2 Å². The SMILES string of the molecule is CCC(NC(=O)NCCNC(=O)OC(C)(C)C)c1ccc2c(c1)CCCC2. The molecule has 0 saturated heterocycles. The summed E-state index contributed by atoms with van der Waals surface area (Å²) in [7, 11) is 0. The van der Waals surface area contributed by atoms with Crippen molar-refractivity contribution in [1.82, 2.24) is 16.0 Å². The molecule has 0 heterocycles. The Morgan fingerprint density at radius 1 is 1.07 bits per heavy atom. The molecule has 0 spiro atoms. The number of ether oxygens (including phenoxy) is 1. The predicted molar refractivity (Wildman–Crippen MR) is 107 cm³/mol. The van der Waals surface area contributed by atoms with Gasteiger partial charge in [0.05, 0.1) is 6.04 Å². The van der Waals surface area contributed by atoms with Crippen LogP contribution in [-0.4, -0.2) is 30.8 Å². The minimum absolute atomic E-state index is 0.0176. The molecule has 0 aromatic heterocycles. The Labute approximate surface area is 162 Å². The Kier molecular flexibility index (Phi) is 7.51. The third-order valence-corrected chi connectivity index (χ3v) is 4.57. The van der Waals surface area contributed by atoms with Crippen LogP contribution in [0.25, 0.3) is 0 Å². The van der Waals surface area contributed by atoms with Crippen molar-refractivity contribution in [2.75, 3.05) is 13.1 Å². The lowest BCUT2D eigenvalue weighted by Crippen LogP contribution is -2.42. The van der Waals surface area contributed by atoms with E-state index in [1.807, 2.05) is 20.8 Å². The zero-order chi connectivity index (χ0) is 19.9. The van der Waals surface area contributed by atoms with Crippen molar-refractivity contribution in [3.8, 4) is 0 Å². The molecule has 1 aliphatic rings. The van der Waals surface area contributed by atoms with Crippen molar-refractivity contribution in [3.63, 3.8) is 0 Å². The van der Waals surface area contributed by atoms with Gasteiger partial charge >= 0.3 is 12.1 Å². The first-order valence-corrected chi connectivity index (χ1v) is 9.91. The van der Waals surface area contributed by atoms with Gasteiger partial charge in [0.2, 0.25) is 0 Å². The number of aryl methyl sites for hydroxylation is 2. The van der Waals surface area contributed by atoms with Gasteiger partial charge in [-0.3, -0.25) is 0 Å². The van der Waals surface area contributed by atoms with E-state index in [1.54, 1.807) is 0 Å². The number of rotatable bonds is 6. The number of benzene rings is 1. The van der Waals surface area contributed by atoms with Crippen LogP contribution in [0.3, 0.4) is 0 Å². The van der Waals surface area contributed by atoms with Crippen molar-refractivity contribution < 1.29 is 14.3 Å². The van der Waals surface area contributed by atoms with Crippen LogP contribution in [0, 0.1) is 0 Å². The van der Waals surface area contributed by atoms with Crippen LogP contribution < -0.4 is 16.0 Å². The van der Waals surface area contributed by atoms with Gasteiger partial charge in [0.1, 0.15) is 5.60 Å². The Balaban J connectivity index is 1.77. The van der Waals surface area contributed by atoms with E-state index in [9.17, 15) is 9.59 Å². The Morgan fingerprint density at radius 3 is 2.41 bits per heavy atom. The average Bonchev–Trinajstić information content (AvgIpc) is 2.61. The highest BCUT2D eigenvalue weighted by Crippen LogP contribution is 2.26. The van der Waals surface area contributed by atoms with E-state index in [2.05, 4.69) is 41.1 Å². The number of hydrogen-bond acceptors (Lipinski definition) is 3. The molecule has 27 heavy (non-hydrogen) atoms. The minimum atomic E-state index is -0.530. The summed E-state index contributed by atoms with van der Waals surface area (Å²) in [5.41, 5.74) is 3.48. The van der Waals surface area contributed by atoms with E-state index in [1.165, 1.54) is 24.0 Å². The fourth-order valence-corrected chi connectivity index (χ4v) is 3.26. The third kappa shape index (κ3) is 7.12. The fraction of sp³-hybridized carbons (Fsp3) is 0.619. The molecule has 0 saturated carbocycles. The molecule has 0 radical (unpaired) electrons. The Bertz CT molecular complexity index is 653. The highest BCUT2D eigenvalue weighted by atomic mass is 16.6. The van der Waals surface area contributed by atoms with Crippen LogP contribution in [-0.2, 0) is 17.6 Å². The molecule has 3 amide bonds. The third-order valence-electron chi connectivity index (χ3n) is 4.57. The summed E-state index contributed by atoms with van der Waals surface area (Å²) in [4.78, 5) is 23.7. The van der Waals surface area contributed by atoms with Crippen molar-refractivity contribution in [3.05, 3.63) is 34.9 Å². The maximum Gasteiger partial charge on any atom is 0.407 e. The van der Waals surface area contributed by atoms with Crippen molar-refractivity contribution >= 4 is 12.1 Å². The van der Waals surface area contributed by atoms with Crippen molar-refractivity contribution in [2.45, 2.75) is 71.4 Å². The number of nitrogens with one attached hydrogen (secondary N) is 3. The van der Waals surface area contributed by atoms with Crippen LogP contribution in [0.2, 0.25) is 0 Å². The first-order chi connectivity index (χ1) is 12.8. The maximum atomic E-state index is 12.2. The number of amides is 3. The summed E-state index contributed by atoms with van der Waals surface area (Å²) in [5, 5.41) is 8.42. The van der Waals surface area contributed by atoms with Crippen LogP contribution >= 0.6 is 0 Å². The van der Waals surface area contributed by atoms with Crippen LogP contribution in [0.1, 0.15) is 69.7 Å². The van der Waals surface area contributed by atoms with Gasteiger partial charge in [-0.2, -0.15) is 0 Å². The molecule has 1 unspecified atom stereocenters. The topological polar surface area (TPSA) is 79.5 Å². The molecule has 1 aromatic rings. The predicted octanol–water partition coefficient (Wildman–Crippen LogP) is 3.84. The first-order valence-electron chi connectivity index (χ1n) is 9.91. The molecule has 150 valence electrons. The molecular weight excluding hydrogens is 342 g/mol. The number of alkyl carbamates (subject to hydrolysis) is 1. The molecule has 6 nitrogen and oxygen atoms in total. The van der Waals surface area contributed by atoms with Gasteiger partial charge in [-0.1, -0.05) is 25.1 Å². The molecule has 0 fully saturated rings. The second kappa shape index (κ2) is 9.62. The largest absolute Gasteiger partial charge is 0.444 e. The number of urea groups is 1. The van der Waals surface area contributed by atoms with Gasteiger partial charge in [0.15, 0.2) is 0 Å². The Hall–Kier alpha value is -2.24. The number of carbonyl (C=O) groups excluding carboxylic acids is 2. The van der Waals surface area contributed by atoms with Gasteiger partial charge in [-0.15, -0.1) is 0 Å². The fourth-order valence-electron chi connectivity index (χ4n) is 3.26. The van der Waals surface area contributed by atoms with Gasteiger partial charge in [-0.05, 0) is 69.6 Å². The smallest absolute Gasteiger partial charge is 0.407 e. The second-order valence-electron chi connectivity index (χ2n) is 8.02. The van der Waals surface area contributed by atoms with Gasteiger partial charge in [0, 0.05) is 13.1 Å². The van der Waals surface area contributed by atoms with E-state index in [4.69, 9.17) is 4.74 Å². The molecule has 1 atom stereocenters. The lowest BCUT2D eigenvalue weighted by atomic mass is 9.89. The molecule has 1 aliphatic carbocycles. The van der Waals surface area contributed by atoms with E-state index >= 15 is 0 Å². The molecule has 1 aromatic carbocycles. The molecule has 0 aliphatic heterocycles. The summed E-state index contributed by atoms with van der Waals surface area (Å²) < 4.78 is 5.15. The van der Waals surface area contributed by atoms with E-state index in [-0.39, 0.29) is 12.1 Å². The van der Waals surface area contributed by atoms with E-state index < -0.39 is 11.7 Å². The Morgan fingerprint density at radius 2 is 1.74 bits per heavy atom. The zero-order valence-corrected chi connectivity index (χ0v) is 17.0. The lowest BCUT2D eigenvalue weighted by Gasteiger charge is -2.22.